The molecular weight excluding hydrogens is 284 g/mol. The van der Waals surface area contributed by atoms with Gasteiger partial charge in [-0.1, -0.05) is 34.1 Å². The molecule has 0 saturated carbocycles. The molecule has 122 valence electrons. The van der Waals surface area contributed by atoms with Crippen molar-refractivity contribution in [1.29, 1.82) is 0 Å². The van der Waals surface area contributed by atoms with Crippen LogP contribution in [-0.2, 0) is 6.42 Å². The minimum atomic E-state index is -0.539. The smallest absolute Gasteiger partial charge is 0.258 e. The van der Waals surface area contributed by atoms with Gasteiger partial charge >= 0.3 is 0 Å². The summed E-state index contributed by atoms with van der Waals surface area (Å²) in [6.07, 6.45) is 1.98. The molecule has 0 amide bonds. The summed E-state index contributed by atoms with van der Waals surface area (Å²) in [5, 5.41) is 22.1. The van der Waals surface area contributed by atoms with Crippen molar-refractivity contribution in [1.82, 2.24) is 0 Å². The van der Waals surface area contributed by atoms with Gasteiger partial charge in [-0.25, -0.2) is 0 Å². The zero-order chi connectivity index (χ0) is 16.9. The number of hydrogen-bond acceptors (Lipinski definition) is 4. The number of nitro groups is 2. The van der Waals surface area contributed by atoms with Gasteiger partial charge in [0.25, 0.3) is 11.4 Å². The van der Waals surface area contributed by atoms with Gasteiger partial charge in [-0.15, -0.1) is 0 Å². The molecule has 0 spiro atoms. The summed E-state index contributed by atoms with van der Waals surface area (Å²) < 4.78 is 0. The van der Waals surface area contributed by atoms with Crippen LogP contribution in [0.5, 0.6) is 0 Å². The fourth-order valence-corrected chi connectivity index (χ4v) is 2.68. The summed E-state index contributed by atoms with van der Waals surface area (Å²) in [6, 6.07) is 4.04. The van der Waals surface area contributed by atoms with Crippen LogP contribution in [0.2, 0.25) is 0 Å². The quantitative estimate of drug-likeness (QED) is 0.512. The first-order valence-electron chi connectivity index (χ1n) is 7.66. The number of rotatable bonds is 8. The predicted octanol–water partition coefficient (Wildman–Crippen LogP) is 4.75. The molecular formula is C16H24N2O4. The van der Waals surface area contributed by atoms with E-state index in [0.717, 1.165) is 6.42 Å². The lowest BCUT2D eigenvalue weighted by Gasteiger charge is -2.23. The van der Waals surface area contributed by atoms with Gasteiger partial charge < -0.3 is 0 Å². The van der Waals surface area contributed by atoms with Crippen molar-refractivity contribution in [2.24, 2.45) is 17.8 Å². The maximum Gasteiger partial charge on any atom is 0.279 e. The van der Waals surface area contributed by atoms with E-state index >= 15 is 0 Å². The Morgan fingerprint density at radius 3 is 1.91 bits per heavy atom. The molecule has 2 unspecified atom stereocenters. The van der Waals surface area contributed by atoms with Gasteiger partial charge in [0.05, 0.1) is 9.85 Å². The molecule has 22 heavy (non-hydrogen) atoms. The summed E-state index contributed by atoms with van der Waals surface area (Å²) in [7, 11) is 0. The molecule has 0 radical (unpaired) electrons. The van der Waals surface area contributed by atoms with Crippen LogP contribution in [0.15, 0.2) is 18.2 Å². The standard InChI is InChI=1S/C16H24N2O4/c1-11(2)13(4)12(3)7-5-8-14-15(17(19)20)9-6-10-16(14)18(21)22/h6,9-13H,5,7-8H2,1-4H3. The molecule has 0 aliphatic rings. The maximum absolute atomic E-state index is 11.1. The van der Waals surface area contributed by atoms with E-state index in [9.17, 15) is 20.2 Å². The molecule has 1 aromatic rings. The predicted molar refractivity (Wildman–Crippen MR) is 85.9 cm³/mol. The maximum atomic E-state index is 11.1. The van der Waals surface area contributed by atoms with Gasteiger partial charge in [-0.3, -0.25) is 20.2 Å². The Morgan fingerprint density at radius 2 is 1.50 bits per heavy atom. The van der Waals surface area contributed by atoms with E-state index in [4.69, 9.17) is 0 Å². The first-order chi connectivity index (χ1) is 10.3. The van der Waals surface area contributed by atoms with Crippen molar-refractivity contribution < 1.29 is 9.85 Å². The summed E-state index contributed by atoms with van der Waals surface area (Å²) in [6.45, 7) is 8.71. The minimum absolute atomic E-state index is 0.154. The van der Waals surface area contributed by atoms with Crippen molar-refractivity contribution in [2.75, 3.05) is 0 Å². The summed E-state index contributed by atoms with van der Waals surface area (Å²) >= 11 is 0. The van der Waals surface area contributed by atoms with E-state index in [-0.39, 0.29) is 16.9 Å². The van der Waals surface area contributed by atoms with Gasteiger partial charge in [-0.05, 0) is 36.7 Å². The molecule has 2 atom stereocenters. The summed E-state index contributed by atoms with van der Waals surface area (Å²) in [5.74, 6) is 1.62. The zero-order valence-corrected chi connectivity index (χ0v) is 13.6. The fraction of sp³-hybridized carbons (Fsp3) is 0.625. The second kappa shape index (κ2) is 7.87. The molecule has 0 aromatic heterocycles. The van der Waals surface area contributed by atoms with E-state index in [2.05, 4.69) is 27.7 Å². The zero-order valence-electron chi connectivity index (χ0n) is 13.6. The molecule has 0 fully saturated rings. The van der Waals surface area contributed by atoms with Crippen LogP contribution in [0, 0.1) is 38.0 Å². The lowest BCUT2D eigenvalue weighted by atomic mass is 9.83. The van der Waals surface area contributed by atoms with Crippen LogP contribution in [0.4, 0.5) is 11.4 Å². The SMILES string of the molecule is CC(C)C(C)C(C)CCCc1c([N+](=O)[O-])cccc1[N+](=O)[O-]. The van der Waals surface area contributed by atoms with Crippen LogP contribution >= 0.6 is 0 Å². The monoisotopic (exact) mass is 308 g/mol. The summed E-state index contributed by atoms with van der Waals surface area (Å²) in [4.78, 5) is 21.1. The number of nitro benzene ring substituents is 2. The van der Waals surface area contributed by atoms with Crippen molar-refractivity contribution >= 4 is 11.4 Å². The van der Waals surface area contributed by atoms with Crippen molar-refractivity contribution in [2.45, 2.75) is 47.0 Å². The Hall–Kier alpha value is -1.98. The molecule has 1 aromatic carbocycles. The van der Waals surface area contributed by atoms with E-state index in [0.29, 0.717) is 30.6 Å². The molecule has 6 heteroatoms. The van der Waals surface area contributed by atoms with E-state index < -0.39 is 9.85 Å². The third-order valence-corrected chi connectivity index (χ3v) is 4.56. The van der Waals surface area contributed by atoms with Gasteiger partial charge in [0.2, 0.25) is 0 Å². The lowest BCUT2D eigenvalue weighted by Crippen LogP contribution is -2.14. The van der Waals surface area contributed by atoms with Crippen molar-refractivity contribution in [3.63, 3.8) is 0 Å². The van der Waals surface area contributed by atoms with Crippen molar-refractivity contribution in [3.05, 3.63) is 44.0 Å². The highest BCUT2D eigenvalue weighted by Gasteiger charge is 2.24. The summed E-state index contributed by atoms with van der Waals surface area (Å²) in [5.41, 5.74) is -0.0700. The van der Waals surface area contributed by atoms with E-state index in [1.54, 1.807) is 0 Å². The average Bonchev–Trinajstić information content (AvgIpc) is 2.45. The largest absolute Gasteiger partial charge is 0.279 e. The first kappa shape index (κ1) is 18.1. The number of benzene rings is 1. The molecule has 0 aliphatic carbocycles. The molecule has 0 heterocycles. The minimum Gasteiger partial charge on any atom is -0.258 e. The second-order valence-electron chi connectivity index (χ2n) is 6.26. The second-order valence-corrected chi connectivity index (χ2v) is 6.26. The van der Waals surface area contributed by atoms with Gasteiger partial charge in [0.15, 0.2) is 0 Å². The Labute approximate surface area is 130 Å². The van der Waals surface area contributed by atoms with Crippen LogP contribution in [0.1, 0.15) is 46.1 Å². The topological polar surface area (TPSA) is 86.3 Å². The number of nitrogens with zero attached hydrogens (tertiary/aromatic N) is 2. The molecule has 0 saturated heterocycles. The average molecular weight is 308 g/mol. The van der Waals surface area contributed by atoms with Crippen LogP contribution < -0.4 is 0 Å². The molecule has 0 aliphatic heterocycles. The van der Waals surface area contributed by atoms with Crippen molar-refractivity contribution in [3.8, 4) is 0 Å². The molecule has 0 N–H and O–H groups in total. The Kier molecular flexibility index (Phi) is 6.46. The van der Waals surface area contributed by atoms with Crippen LogP contribution in [0.25, 0.3) is 0 Å². The third kappa shape index (κ3) is 4.51. The first-order valence-corrected chi connectivity index (χ1v) is 7.66. The van der Waals surface area contributed by atoms with E-state index in [1.807, 2.05) is 0 Å². The van der Waals surface area contributed by atoms with Gasteiger partial charge in [0.1, 0.15) is 5.56 Å². The Balaban J connectivity index is 2.84. The Morgan fingerprint density at radius 1 is 1.00 bits per heavy atom. The molecule has 0 bridgehead atoms. The fourth-order valence-electron chi connectivity index (χ4n) is 2.68. The normalized spacial score (nSPS) is 13.9. The highest BCUT2D eigenvalue weighted by Crippen LogP contribution is 2.31. The van der Waals surface area contributed by atoms with Crippen LogP contribution in [0.3, 0.4) is 0 Å². The highest BCUT2D eigenvalue weighted by atomic mass is 16.6. The highest BCUT2D eigenvalue weighted by molar-refractivity contribution is 5.53. The third-order valence-electron chi connectivity index (χ3n) is 4.56. The van der Waals surface area contributed by atoms with Gasteiger partial charge in [0, 0.05) is 12.1 Å². The molecule has 6 nitrogen and oxygen atoms in total. The molecule has 1 rings (SSSR count). The lowest BCUT2D eigenvalue weighted by molar-refractivity contribution is -0.395. The van der Waals surface area contributed by atoms with Crippen LogP contribution in [-0.4, -0.2) is 9.85 Å². The Bertz CT molecular complexity index is 511. The van der Waals surface area contributed by atoms with E-state index in [1.165, 1.54) is 18.2 Å². The van der Waals surface area contributed by atoms with Gasteiger partial charge in [-0.2, -0.15) is 0 Å². The number of hydrogen-bond donors (Lipinski definition) is 0.